The molecular weight excluding hydrogens is 263 g/mol. The van der Waals surface area contributed by atoms with E-state index < -0.39 is 17.9 Å². The Hall–Kier alpha value is -2.11. The average Bonchev–Trinajstić information content (AvgIpc) is 2.90. The summed E-state index contributed by atoms with van der Waals surface area (Å²) in [4.78, 5) is 25.5. The Morgan fingerprint density at radius 3 is 2.55 bits per heavy atom. The molecule has 20 heavy (non-hydrogen) atoms. The van der Waals surface area contributed by atoms with Gasteiger partial charge in [-0.1, -0.05) is 0 Å². The predicted molar refractivity (Wildman–Crippen MR) is 71.5 cm³/mol. The molecule has 1 aromatic carbocycles. The minimum Gasteiger partial charge on any atom is -0.449 e. The molecule has 1 atom stereocenters. The average molecular weight is 280 g/mol. The number of benzene rings is 1. The second-order valence-electron chi connectivity index (χ2n) is 4.85. The summed E-state index contributed by atoms with van der Waals surface area (Å²) in [5.74, 6) is -1.59. The van der Waals surface area contributed by atoms with Crippen LogP contribution in [0, 0.1) is 5.82 Å². The van der Waals surface area contributed by atoms with Crippen LogP contribution in [0.3, 0.4) is 0 Å². The number of hydrogen-bond acceptors (Lipinski definition) is 4. The molecule has 0 saturated carbocycles. The number of hydrogen-bond donors (Lipinski definition) is 1. The SMILES string of the molecule is CC(OC(=O)c1cc(N)cc(F)c1)C(=O)N1CCCC1. The maximum atomic E-state index is 13.2. The van der Waals surface area contributed by atoms with Crippen molar-refractivity contribution in [3.63, 3.8) is 0 Å². The van der Waals surface area contributed by atoms with Crippen LogP contribution in [0.2, 0.25) is 0 Å². The summed E-state index contributed by atoms with van der Waals surface area (Å²) in [6, 6.07) is 3.46. The van der Waals surface area contributed by atoms with Crippen molar-refractivity contribution in [2.75, 3.05) is 18.8 Å². The van der Waals surface area contributed by atoms with E-state index in [9.17, 15) is 14.0 Å². The van der Waals surface area contributed by atoms with Crippen molar-refractivity contribution >= 4 is 17.6 Å². The summed E-state index contributed by atoms with van der Waals surface area (Å²) >= 11 is 0. The van der Waals surface area contributed by atoms with E-state index in [0.29, 0.717) is 13.1 Å². The largest absolute Gasteiger partial charge is 0.449 e. The molecule has 0 spiro atoms. The van der Waals surface area contributed by atoms with Gasteiger partial charge in [-0.15, -0.1) is 0 Å². The molecule has 0 bridgehead atoms. The van der Waals surface area contributed by atoms with E-state index in [1.165, 1.54) is 13.0 Å². The van der Waals surface area contributed by atoms with E-state index in [-0.39, 0.29) is 17.2 Å². The minimum absolute atomic E-state index is 0.00331. The van der Waals surface area contributed by atoms with E-state index in [4.69, 9.17) is 10.5 Å². The Balaban J connectivity index is 2.01. The van der Waals surface area contributed by atoms with Crippen molar-refractivity contribution in [1.82, 2.24) is 4.90 Å². The lowest BCUT2D eigenvalue weighted by molar-refractivity contribution is -0.138. The molecule has 1 saturated heterocycles. The zero-order chi connectivity index (χ0) is 14.7. The van der Waals surface area contributed by atoms with Crippen LogP contribution in [-0.4, -0.2) is 36.0 Å². The zero-order valence-corrected chi connectivity index (χ0v) is 11.3. The molecule has 6 heteroatoms. The highest BCUT2D eigenvalue weighted by Crippen LogP contribution is 2.15. The van der Waals surface area contributed by atoms with Crippen molar-refractivity contribution < 1.29 is 18.7 Å². The second kappa shape index (κ2) is 5.90. The summed E-state index contributed by atoms with van der Waals surface area (Å²) in [5.41, 5.74) is 5.60. The van der Waals surface area contributed by atoms with Gasteiger partial charge >= 0.3 is 5.97 Å². The van der Waals surface area contributed by atoms with Gasteiger partial charge in [0.15, 0.2) is 6.10 Å². The van der Waals surface area contributed by atoms with Gasteiger partial charge in [-0.05, 0) is 38.0 Å². The fourth-order valence-corrected chi connectivity index (χ4v) is 2.20. The maximum Gasteiger partial charge on any atom is 0.339 e. The number of nitrogens with two attached hydrogens (primary N) is 1. The monoisotopic (exact) mass is 280 g/mol. The summed E-state index contributed by atoms with van der Waals surface area (Å²) in [5, 5.41) is 0. The Labute approximate surface area is 116 Å². The molecule has 1 aliphatic heterocycles. The molecule has 1 amide bonds. The van der Waals surface area contributed by atoms with E-state index in [0.717, 1.165) is 25.0 Å². The number of nitrogen functional groups attached to an aromatic ring is 1. The van der Waals surface area contributed by atoms with Crippen LogP contribution in [0.15, 0.2) is 18.2 Å². The molecule has 2 rings (SSSR count). The zero-order valence-electron chi connectivity index (χ0n) is 11.3. The van der Waals surface area contributed by atoms with Gasteiger partial charge in [0.2, 0.25) is 0 Å². The number of nitrogens with zero attached hydrogens (tertiary/aromatic N) is 1. The molecule has 5 nitrogen and oxygen atoms in total. The minimum atomic E-state index is -0.884. The number of amides is 1. The molecule has 2 N–H and O–H groups in total. The number of esters is 1. The molecule has 1 aliphatic rings. The van der Waals surface area contributed by atoms with Crippen LogP contribution in [-0.2, 0) is 9.53 Å². The second-order valence-corrected chi connectivity index (χ2v) is 4.85. The van der Waals surface area contributed by atoms with Crippen LogP contribution >= 0.6 is 0 Å². The highest BCUT2D eigenvalue weighted by Gasteiger charge is 2.26. The highest BCUT2D eigenvalue weighted by molar-refractivity contribution is 5.93. The summed E-state index contributed by atoms with van der Waals surface area (Å²) in [7, 11) is 0. The summed E-state index contributed by atoms with van der Waals surface area (Å²) < 4.78 is 18.2. The molecule has 0 aromatic heterocycles. The first-order valence-electron chi connectivity index (χ1n) is 6.53. The highest BCUT2D eigenvalue weighted by atomic mass is 19.1. The summed E-state index contributed by atoms with van der Waals surface area (Å²) in [6.07, 6.45) is 1.05. The van der Waals surface area contributed by atoms with Gasteiger partial charge < -0.3 is 15.4 Å². The maximum absolute atomic E-state index is 13.2. The third-order valence-corrected chi connectivity index (χ3v) is 3.21. The fraction of sp³-hybridized carbons (Fsp3) is 0.429. The lowest BCUT2D eigenvalue weighted by Gasteiger charge is -2.20. The van der Waals surface area contributed by atoms with Gasteiger partial charge in [-0.25, -0.2) is 9.18 Å². The quantitative estimate of drug-likeness (QED) is 0.674. The Bertz CT molecular complexity index is 507. The molecule has 108 valence electrons. The molecule has 1 heterocycles. The lowest BCUT2D eigenvalue weighted by Crippen LogP contribution is -2.38. The van der Waals surface area contributed by atoms with Crippen LogP contribution < -0.4 is 5.73 Å². The number of likely N-dealkylation sites (tertiary alicyclic amines) is 1. The third kappa shape index (κ3) is 3.26. The van der Waals surface area contributed by atoms with E-state index in [1.807, 2.05) is 0 Å². The Kier molecular flexibility index (Phi) is 4.22. The van der Waals surface area contributed by atoms with Gasteiger partial charge in [-0.3, -0.25) is 4.79 Å². The number of rotatable bonds is 3. The Morgan fingerprint density at radius 2 is 1.95 bits per heavy atom. The fourth-order valence-electron chi connectivity index (χ4n) is 2.20. The normalized spacial score (nSPS) is 16.0. The van der Waals surface area contributed by atoms with Crippen molar-refractivity contribution in [3.05, 3.63) is 29.6 Å². The molecular formula is C14H17FN2O3. The van der Waals surface area contributed by atoms with Gasteiger partial charge in [0, 0.05) is 18.8 Å². The smallest absolute Gasteiger partial charge is 0.339 e. The molecule has 0 aliphatic carbocycles. The standard InChI is InChI=1S/C14H17FN2O3/c1-9(13(18)17-4-2-3-5-17)20-14(19)10-6-11(15)8-12(16)7-10/h6-9H,2-5,16H2,1H3. The van der Waals surface area contributed by atoms with Gasteiger partial charge in [0.25, 0.3) is 5.91 Å². The van der Waals surface area contributed by atoms with Crippen LogP contribution in [0.5, 0.6) is 0 Å². The third-order valence-electron chi connectivity index (χ3n) is 3.21. The molecule has 1 aromatic rings. The van der Waals surface area contributed by atoms with Crippen molar-refractivity contribution in [3.8, 4) is 0 Å². The van der Waals surface area contributed by atoms with Crippen molar-refractivity contribution in [1.29, 1.82) is 0 Å². The number of ether oxygens (including phenoxy) is 1. The number of halogens is 1. The van der Waals surface area contributed by atoms with E-state index in [1.54, 1.807) is 4.90 Å². The van der Waals surface area contributed by atoms with Gasteiger partial charge in [0.05, 0.1) is 5.56 Å². The van der Waals surface area contributed by atoms with Crippen LogP contribution in [0.4, 0.5) is 10.1 Å². The first-order chi connectivity index (χ1) is 9.47. The van der Waals surface area contributed by atoms with E-state index >= 15 is 0 Å². The lowest BCUT2D eigenvalue weighted by atomic mass is 10.2. The molecule has 1 fully saturated rings. The first-order valence-corrected chi connectivity index (χ1v) is 6.53. The summed E-state index contributed by atoms with van der Waals surface area (Å²) in [6.45, 7) is 2.89. The van der Waals surface area contributed by atoms with Crippen molar-refractivity contribution in [2.24, 2.45) is 0 Å². The Morgan fingerprint density at radius 1 is 1.30 bits per heavy atom. The number of carbonyl (C=O) groups excluding carboxylic acids is 2. The molecule has 1 unspecified atom stereocenters. The first kappa shape index (κ1) is 14.3. The predicted octanol–water partition coefficient (Wildman–Crippen LogP) is 1.58. The van der Waals surface area contributed by atoms with Crippen molar-refractivity contribution in [2.45, 2.75) is 25.9 Å². The van der Waals surface area contributed by atoms with Crippen LogP contribution in [0.1, 0.15) is 30.1 Å². The number of anilines is 1. The number of carbonyl (C=O) groups is 2. The topological polar surface area (TPSA) is 72.6 Å². The van der Waals surface area contributed by atoms with Gasteiger partial charge in [-0.2, -0.15) is 0 Å². The van der Waals surface area contributed by atoms with E-state index in [2.05, 4.69) is 0 Å². The molecule has 0 radical (unpaired) electrons. The van der Waals surface area contributed by atoms with Crippen LogP contribution in [0.25, 0.3) is 0 Å². The van der Waals surface area contributed by atoms with Gasteiger partial charge in [0.1, 0.15) is 5.82 Å².